The zero-order valence-electron chi connectivity index (χ0n) is 11.4. The number of sulfone groups is 1. The van der Waals surface area contributed by atoms with Crippen LogP contribution in [0.2, 0.25) is 0 Å². The molecule has 0 amide bonds. The maximum Gasteiger partial charge on any atom is 0.320 e. The van der Waals surface area contributed by atoms with Gasteiger partial charge in [-0.05, 0) is 12.5 Å². The van der Waals surface area contributed by atoms with Gasteiger partial charge in [-0.15, -0.1) is 0 Å². The SMILES string of the molecule is COC(=O)CS(=O)(=O)CCCOc1ccccc1CN. The number of methoxy groups -OCH3 is 1. The van der Waals surface area contributed by atoms with Crippen LogP contribution in [0.3, 0.4) is 0 Å². The average Bonchev–Trinajstić information content (AvgIpc) is 2.43. The fraction of sp³-hybridized carbons (Fsp3) is 0.462. The van der Waals surface area contributed by atoms with Crippen molar-refractivity contribution >= 4 is 15.8 Å². The third-order valence-corrected chi connectivity index (χ3v) is 4.20. The molecule has 0 saturated heterocycles. The second kappa shape index (κ2) is 7.86. The molecule has 0 aliphatic heterocycles. The van der Waals surface area contributed by atoms with Gasteiger partial charge in [0.1, 0.15) is 11.5 Å². The molecule has 1 aromatic rings. The quantitative estimate of drug-likeness (QED) is 0.555. The van der Waals surface area contributed by atoms with Crippen LogP contribution in [0, 0.1) is 0 Å². The van der Waals surface area contributed by atoms with E-state index in [4.69, 9.17) is 10.5 Å². The second-order valence-electron chi connectivity index (χ2n) is 4.18. The molecular weight excluding hydrogens is 282 g/mol. The molecule has 1 rings (SSSR count). The number of ether oxygens (including phenoxy) is 2. The van der Waals surface area contributed by atoms with E-state index in [1.807, 2.05) is 18.2 Å². The largest absolute Gasteiger partial charge is 0.493 e. The third kappa shape index (κ3) is 5.58. The maximum atomic E-state index is 11.6. The van der Waals surface area contributed by atoms with Crippen molar-refractivity contribution in [3.05, 3.63) is 29.8 Å². The van der Waals surface area contributed by atoms with Crippen molar-refractivity contribution in [3.63, 3.8) is 0 Å². The number of hydrogen-bond donors (Lipinski definition) is 1. The molecule has 0 radical (unpaired) electrons. The maximum absolute atomic E-state index is 11.6. The first-order valence-electron chi connectivity index (χ1n) is 6.16. The van der Waals surface area contributed by atoms with Crippen LogP contribution < -0.4 is 10.5 Å². The first-order chi connectivity index (χ1) is 9.48. The van der Waals surface area contributed by atoms with Gasteiger partial charge in [-0.1, -0.05) is 18.2 Å². The summed E-state index contributed by atoms with van der Waals surface area (Å²) in [7, 11) is -2.28. The molecule has 0 aromatic heterocycles. The van der Waals surface area contributed by atoms with Crippen LogP contribution in [-0.4, -0.2) is 39.6 Å². The smallest absolute Gasteiger partial charge is 0.320 e. The summed E-state index contributed by atoms with van der Waals surface area (Å²) in [5, 5.41) is 0. The molecule has 0 bridgehead atoms. The number of hydrogen-bond acceptors (Lipinski definition) is 6. The van der Waals surface area contributed by atoms with Crippen molar-refractivity contribution in [1.82, 2.24) is 0 Å². The highest BCUT2D eigenvalue weighted by atomic mass is 32.2. The van der Waals surface area contributed by atoms with Gasteiger partial charge in [0.25, 0.3) is 0 Å². The molecule has 0 saturated carbocycles. The fourth-order valence-corrected chi connectivity index (χ4v) is 2.76. The standard InChI is InChI=1S/C13H19NO5S/c1-18-13(15)10-20(16,17)8-4-7-19-12-6-3-2-5-11(12)9-14/h2-3,5-6H,4,7-10,14H2,1H3. The van der Waals surface area contributed by atoms with E-state index in [1.54, 1.807) is 6.07 Å². The predicted octanol–water partition coefficient (Wildman–Crippen LogP) is 0.502. The Morgan fingerprint density at radius 1 is 1.30 bits per heavy atom. The summed E-state index contributed by atoms with van der Waals surface area (Å²) in [6.45, 7) is 0.605. The first-order valence-corrected chi connectivity index (χ1v) is 7.98. The Bertz CT molecular complexity index is 541. The Kier molecular flexibility index (Phi) is 6.47. The van der Waals surface area contributed by atoms with Gasteiger partial charge in [-0.3, -0.25) is 4.79 Å². The van der Waals surface area contributed by atoms with Crippen molar-refractivity contribution in [1.29, 1.82) is 0 Å². The van der Waals surface area contributed by atoms with E-state index in [-0.39, 0.29) is 12.4 Å². The van der Waals surface area contributed by atoms with Crippen LogP contribution in [-0.2, 0) is 25.9 Å². The Labute approximate surface area is 118 Å². The van der Waals surface area contributed by atoms with Crippen LogP contribution in [0.25, 0.3) is 0 Å². The first kappa shape index (κ1) is 16.5. The summed E-state index contributed by atoms with van der Waals surface area (Å²) in [5.41, 5.74) is 6.43. The van der Waals surface area contributed by atoms with Gasteiger partial charge >= 0.3 is 5.97 Å². The molecule has 0 unspecified atom stereocenters. The second-order valence-corrected chi connectivity index (χ2v) is 6.37. The van der Waals surface area contributed by atoms with Gasteiger partial charge in [0.05, 0.1) is 19.5 Å². The zero-order valence-corrected chi connectivity index (χ0v) is 12.2. The summed E-state index contributed by atoms with van der Waals surface area (Å²) in [5.74, 6) is -0.810. The highest BCUT2D eigenvalue weighted by molar-refractivity contribution is 7.92. The molecule has 0 fully saturated rings. The number of carbonyl (C=O) groups is 1. The highest BCUT2D eigenvalue weighted by Crippen LogP contribution is 2.17. The molecule has 7 heteroatoms. The molecule has 2 N–H and O–H groups in total. The molecule has 0 heterocycles. The molecule has 1 aromatic carbocycles. The van der Waals surface area contributed by atoms with Crippen LogP contribution in [0.15, 0.2) is 24.3 Å². The van der Waals surface area contributed by atoms with Crippen LogP contribution in [0.4, 0.5) is 0 Å². The summed E-state index contributed by atoms with van der Waals surface area (Å²) >= 11 is 0. The average molecular weight is 301 g/mol. The van der Waals surface area contributed by atoms with Gasteiger partial charge in [-0.25, -0.2) is 8.42 Å². The highest BCUT2D eigenvalue weighted by Gasteiger charge is 2.16. The number of carbonyl (C=O) groups excluding carboxylic acids is 1. The lowest BCUT2D eigenvalue weighted by molar-refractivity contribution is -0.137. The van der Waals surface area contributed by atoms with E-state index in [2.05, 4.69) is 4.74 Å². The minimum Gasteiger partial charge on any atom is -0.493 e. The number of benzene rings is 1. The Hall–Kier alpha value is -1.60. The summed E-state index contributed by atoms with van der Waals surface area (Å²) in [6.07, 6.45) is 0.304. The Balaban J connectivity index is 2.40. The lowest BCUT2D eigenvalue weighted by atomic mass is 10.2. The molecule has 0 atom stereocenters. The van der Waals surface area contributed by atoms with Gasteiger partial charge in [0.2, 0.25) is 0 Å². The molecule has 20 heavy (non-hydrogen) atoms. The van der Waals surface area contributed by atoms with E-state index in [1.165, 1.54) is 0 Å². The molecule has 0 aliphatic carbocycles. The van der Waals surface area contributed by atoms with Crippen molar-refractivity contribution in [2.45, 2.75) is 13.0 Å². The van der Waals surface area contributed by atoms with Crippen molar-refractivity contribution in [3.8, 4) is 5.75 Å². The van der Waals surface area contributed by atoms with E-state index < -0.39 is 21.6 Å². The molecule has 6 nitrogen and oxygen atoms in total. The topological polar surface area (TPSA) is 95.7 Å². The van der Waals surface area contributed by atoms with Gasteiger partial charge in [-0.2, -0.15) is 0 Å². The number of rotatable bonds is 8. The zero-order chi connectivity index (χ0) is 15.0. The monoisotopic (exact) mass is 301 g/mol. The van der Waals surface area contributed by atoms with Crippen molar-refractivity contribution < 1.29 is 22.7 Å². The molecule has 0 aliphatic rings. The van der Waals surface area contributed by atoms with Gasteiger partial charge in [0.15, 0.2) is 9.84 Å². The van der Waals surface area contributed by atoms with Gasteiger partial charge in [0, 0.05) is 12.1 Å². The van der Waals surface area contributed by atoms with E-state index in [0.29, 0.717) is 18.7 Å². The van der Waals surface area contributed by atoms with Crippen LogP contribution in [0.1, 0.15) is 12.0 Å². The van der Waals surface area contributed by atoms with Crippen molar-refractivity contribution in [2.75, 3.05) is 25.2 Å². The Morgan fingerprint density at radius 3 is 2.65 bits per heavy atom. The summed E-state index contributed by atoms with van der Waals surface area (Å²) in [4.78, 5) is 10.9. The fourth-order valence-electron chi connectivity index (χ4n) is 1.58. The normalized spacial score (nSPS) is 11.1. The number of para-hydroxylation sites is 1. The molecule has 112 valence electrons. The summed E-state index contributed by atoms with van der Waals surface area (Å²) in [6, 6.07) is 7.31. The van der Waals surface area contributed by atoms with Crippen molar-refractivity contribution in [2.24, 2.45) is 5.73 Å². The van der Waals surface area contributed by atoms with Crippen LogP contribution >= 0.6 is 0 Å². The van der Waals surface area contributed by atoms with E-state index in [9.17, 15) is 13.2 Å². The molecule has 0 spiro atoms. The molecular formula is C13H19NO5S. The lowest BCUT2D eigenvalue weighted by Gasteiger charge is -2.10. The minimum atomic E-state index is -3.44. The van der Waals surface area contributed by atoms with Gasteiger partial charge < -0.3 is 15.2 Å². The third-order valence-electron chi connectivity index (χ3n) is 2.62. The number of nitrogens with two attached hydrogens (primary N) is 1. The van der Waals surface area contributed by atoms with E-state index in [0.717, 1.165) is 12.7 Å². The number of esters is 1. The van der Waals surface area contributed by atoms with E-state index >= 15 is 0 Å². The summed E-state index contributed by atoms with van der Waals surface area (Å²) < 4.78 is 32.9. The van der Waals surface area contributed by atoms with Crippen LogP contribution in [0.5, 0.6) is 5.75 Å². The minimum absolute atomic E-state index is 0.118. The Morgan fingerprint density at radius 2 is 2.00 bits per heavy atom. The predicted molar refractivity (Wildman–Crippen MR) is 75.1 cm³/mol. The lowest BCUT2D eigenvalue weighted by Crippen LogP contribution is -2.21.